The molecular weight excluding hydrogens is 470 g/mol. The molecule has 4 rings (SSSR count). The highest BCUT2D eigenvalue weighted by Gasteiger charge is 2.23. The highest BCUT2D eigenvalue weighted by molar-refractivity contribution is 5.95. The molecule has 2 aromatic heterocycles. The van der Waals surface area contributed by atoms with Gasteiger partial charge in [0.2, 0.25) is 0 Å². The molecule has 0 bridgehead atoms. The Morgan fingerprint density at radius 1 is 1.03 bits per heavy atom. The van der Waals surface area contributed by atoms with Gasteiger partial charge >= 0.3 is 12.1 Å². The number of fused-ring (bicyclic) bond motifs is 2. The summed E-state index contributed by atoms with van der Waals surface area (Å²) in [4.78, 5) is 30.5. The number of nitrogens with one attached hydrogen (secondary N) is 1. The van der Waals surface area contributed by atoms with Crippen LogP contribution in [0.1, 0.15) is 50.7 Å². The van der Waals surface area contributed by atoms with Gasteiger partial charge in [0.25, 0.3) is 0 Å². The van der Waals surface area contributed by atoms with Crippen LogP contribution < -0.4 is 10.1 Å². The number of pyridine rings is 1. The lowest BCUT2D eigenvalue weighted by Gasteiger charge is -2.21. The van der Waals surface area contributed by atoms with Crippen LogP contribution >= 0.6 is 0 Å². The highest BCUT2D eigenvalue weighted by Crippen LogP contribution is 2.27. The molecule has 0 atom stereocenters. The van der Waals surface area contributed by atoms with E-state index in [1.54, 1.807) is 70.5 Å². The van der Waals surface area contributed by atoms with Crippen molar-refractivity contribution in [1.29, 1.82) is 0 Å². The van der Waals surface area contributed by atoms with Gasteiger partial charge in [-0.2, -0.15) is 0 Å². The lowest BCUT2D eigenvalue weighted by atomic mass is 10.1. The fourth-order valence-corrected chi connectivity index (χ4v) is 3.91. The van der Waals surface area contributed by atoms with E-state index in [0.717, 1.165) is 28.5 Å². The fourth-order valence-electron chi connectivity index (χ4n) is 3.91. The molecule has 0 aliphatic carbocycles. The SMILES string of the molecule is COc1ccc2c(c1)cc(COC(=O)c1ccc3ncc(NCC(C)C)cc3c1)n2C(=O)OC(C)(C)C. The second kappa shape index (κ2) is 10.5. The third kappa shape index (κ3) is 6.20. The summed E-state index contributed by atoms with van der Waals surface area (Å²) in [6, 6.07) is 14.4. The average Bonchev–Trinajstić information content (AvgIpc) is 3.22. The first-order valence-corrected chi connectivity index (χ1v) is 12.3. The summed E-state index contributed by atoms with van der Waals surface area (Å²) < 4.78 is 18.0. The van der Waals surface area contributed by atoms with Gasteiger partial charge in [0.1, 0.15) is 18.0 Å². The third-order valence-electron chi connectivity index (χ3n) is 5.64. The predicted molar refractivity (Wildman–Crippen MR) is 144 cm³/mol. The summed E-state index contributed by atoms with van der Waals surface area (Å²) in [5, 5.41) is 4.96. The van der Waals surface area contributed by atoms with E-state index in [2.05, 4.69) is 24.1 Å². The molecule has 37 heavy (non-hydrogen) atoms. The lowest BCUT2D eigenvalue weighted by Crippen LogP contribution is -2.28. The predicted octanol–water partition coefficient (Wildman–Crippen LogP) is 6.41. The van der Waals surface area contributed by atoms with Crippen LogP contribution in [0, 0.1) is 5.92 Å². The number of nitrogens with zero attached hydrogens (tertiary/aromatic N) is 2. The molecule has 0 unspecified atom stereocenters. The second-order valence-corrected chi connectivity index (χ2v) is 10.4. The largest absolute Gasteiger partial charge is 0.497 e. The van der Waals surface area contributed by atoms with Crippen LogP contribution in [0.4, 0.5) is 10.5 Å². The number of ether oxygens (including phenoxy) is 3. The molecule has 8 heteroatoms. The van der Waals surface area contributed by atoms with Gasteiger partial charge < -0.3 is 19.5 Å². The van der Waals surface area contributed by atoms with E-state index in [1.807, 2.05) is 12.1 Å². The van der Waals surface area contributed by atoms with Crippen molar-refractivity contribution in [2.75, 3.05) is 19.0 Å². The number of esters is 1. The number of anilines is 1. The number of benzene rings is 2. The van der Waals surface area contributed by atoms with Crippen molar-refractivity contribution >= 4 is 39.6 Å². The zero-order valence-corrected chi connectivity index (χ0v) is 22.1. The smallest absolute Gasteiger partial charge is 0.419 e. The minimum absolute atomic E-state index is 0.110. The Kier molecular flexibility index (Phi) is 7.38. The number of methoxy groups -OCH3 is 1. The van der Waals surface area contributed by atoms with E-state index < -0.39 is 17.7 Å². The van der Waals surface area contributed by atoms with Gasteiger partial charge in [-0.05, 0) is 75.2 Å². The minimum atomic E-state index is -0.684. The van der Waals surface area contributed by atoms with E-state index in [1.165, 1.54) is 4.57 Å². The van der Waals surface area contributed by atoms with E-state index >= 15 is 0 Å². The minimum Gasteiger partial charge on any atom is -0.497 e. The van der Waals surface area contributed by atoms with Gasteiger partial charge in [0.15, 0.2) is 0 Å². The molecule has 2 aromatic carbocycles. The summed E-state index contributed by atoms with van der Waals surface area (Å²) in [7, 11) is 1.58. The molecule has 0 saturated carbocycles. The van der Waals surface area contributed by atoms with Crippen molar-refractivity contribution in [3.63, 3.8) is 0 Å². The molecule has 0 radical (unpaired) electrons. The molecule has 1 N–H and O–H groups in total. The molecule has 0 saturated heterocycles. The van der Waals surface area contributed by atoms with Gasteiger partial charge in [-0.15, -0.1) is 0 Å². The van der Waals surface area contributed by atoms with Crippen molar-refractivity contribution in [1.82, 2.24) is 9.55 Å². The summed E-state index contributed by atoms with van der Waals surface area (Å²) in [6.45, 7) is 10.4. The Morgan fingerprint density at radius 3 is 2.51 bits per heavy atom. The number of hydrogen-bond acceptors (Lipinski definition) is 7. The Hall–Kier alpha value is -4.07. The maximum atomic E-state index is 13.1. The molecule has 8 nitrogen and oxygen atoms in total. The first kappa shape index (κ1) is 26.0. The summed E-state index contributed by atoms with van der Waals surface area (Å²) >= 11 is 0. The van der Waals surface area contributed by atoms with Crippen molar-refractivity contribution < 1.29 is 23.8 Å². The summed E-state index contributed by atoms with van der Waals surface area (Å²) in [6.07, 6.45) is 1.24. The molecule has 0 aliphatic rings. The van der Waals surface area contributed by atoms with Crippen LogP contribution in [-0.4, -0.2) is 40.9 Å². The Labute approximate surface area is 216 Å². The number of hydrogen-bond donors (Lipinski definition) is 1. The van der Waals surface area contributed by atoms with Crippen LogP contribution in [-0.2, 0) is 16.1 Å². The van der Waals surface area contributed by atoms with Crippen molar-refractivity contribution in [3.8, 4) is 5.75 Å². The third-order valence-corrected chi connectivity index (χ3v) is 5.64. The number of aromatic nitrogens is 2. The topological polar surface area (TPSA) is 91.7 Å². The molecule has 0 aliphatic heterocycles. The van der Waals surface area contributed by atoms with Gasteiger partial charge in [-0.25, -0.2) is 14.2 Å². The zero-order valence-electron chi connectivity index (χ0n) is 22.1. The average molecular weight is 504 g/mol. The van der Waals surface area contributed by atoms with Crippen molar-refractivity contribution in [2.45, 2.75) is 46.8 Å². The van der Waals surface area contributed by atoms with Crippen LogP contribution in [0.2, 0.25) is 0 Å². The molecule has 194 valence electrons. The van der Waals surface area contributed by atoms with E-state index in [4.69, 9.17) is 14.2 Å². The number of carbonyl (C=O) groups is 2. The maximum absolute atomic E-state index is 13.1. The van der Waals surface area contributed by atoms with E-state index in [0.29, 0.717) is 28.4 Å². The highest BCUT2D eigenvalue weighted by atomic mass is 16.6. The Morgan fingerprint density at radius 2 is 1.81 bits per heavy atom. The Bertz CT molecular complexity index is 1450. The van der Waals surface area contributed by atoms with E-state index in [-0.39, 0.29) is 6.61 Å². The number of rotatable bonds is 7. The second-order valence-electron chi connectivity index (χ2n) is 10.4. The zero-order chi connectivity index (χ0) is 26.7. The monoisotopic (exact) mass is 503 g/mol. The van der Waals surface area contributed by atoms with Crippen molar-refractivity contribution in [3.05, 3.63) is 66.0 Å². The molecule has 4 aromatic rings. The maximum Gasteiger partial charge on any atom is 0.419 e. The quantitative estimate of drug-likeness (QED) is 0.292. The van der Waals surface area contributed by atoms with E-state index in [9.17, 15) is 9.59 Å². The first-order chi connectivity index (χ1) is 17.5. The van der Waals surface area contributed by atoms with Gasteiger partial charge in [-0.3, -0.25) is 4.98 Å². The molecule has 0 amide bonds. The van der Waals surface area contributed by atoms with Crippen LogP contribution in [0.25, 0.3) is 21.8 Å². The van der Waals surface area contributed by atoms with Crippen LogP contribution in [0.3, 0.4) is 0 Å². The van der Waals surface area contributed by atoms with Gasteiger partial charge in [-0.1, -0.05) is 13.8 Å². The van der Waals surface area contributed by atoms with Crippen LogP contribution in [0.15, 0.2) is 54.7 Å². The van der Waals surface area contributed by atoms with Crippen LogP contribution in [0.5, 0.6) is 5.75 Å². The normalized spacial score (nSPS) is 11.6. The van der Waals surface area contributed by atoms with Gasteiger partial charge in [0.05, 0.1) is 41.3 Å². The molecule has 2 heterocycles. The lowest BCUT2D eigenvalue weighted by molar-refractivity contribution is 0.0427. The van der Waals surface area contributed by atoms with Gasteiger partial charge in [0, 0.05) is 17.3 Å². The summed E-state index contributed by atoms with van der Waals surface area (Å²) in [5.41, 5.74) is 2.52. The Balaban J connectivity index is 1.58. The summed E-state index contributed by atoms with van der Waals surface area (Å²) in [5.74, 6) is 0.653. The van der Waals surface area contributed by atoms with Crippen molar-refractivity contribution in [2.24, 2.45) is 5.92 Å². The first-order valence-electron chi connectivity index (χ1n) is 12.3. The molecule has 0 spiro atoms. The molecule has 0 fully saturated rings. The fraction of sp³-hybridized carbons (Fsp3) is 0.345. The standard InChI is InChI=1S/C29H33N3O5/c1-18(2)15-30-22-12-20-11-19(7-9-25(20)31-16-22)27(33)36-17-23-13-21-14-24(35-6)8-10-26(21)32(23)28(34)37-29(3,4)5/h7-14,16,18,30H,15,17H2,1-6H3. The molecular formula is C29H33N3O5. The number of carbonyl (C=O) groups excluding carboxylic acids is 2.